The highest BCUT2D eigenvalue weighted by Gasteiger charge is 2.43. The number of likely N-dealkylation sites (tertiary alicyclic amines) is 1. The molecule has 266 valence electrons. The highest BCUT2D eigenvalue weighted by molar-refractivity contribution is 5.95. The minimum Gasteiger partial charge on any atom is -0.461 e. The van der Waals surface area contributed by atoms with Crippen LogP contribution in [0.1, 0.15) is 69.1 Å². The molecule has 2 unspecified atom stereocenters. The Labute approximate surface area is 301 Å². The van der Waals surface area contributed by atoms with Crippen molar-refractivity contribution in [2.75, 3.05) is 6.54 Å². The molecule has 0 radical (unpaired) electrons. The first-order valence-electron chi connectivity index (χ1n) is 17.8. The lowest BCUT2D eigenvalue weighted by Crippen LogP contribution is -2.55. The second-order valence-electron chi connectivity index (χ2n) is 13.6. The number of hydrogen-bond acceptors (Lipinski definition) is 6. The Bertz CT molecular complexity index is 1740. The van der Waals surface area contributed by atoms with E-state index in [1.54, 1.807) is 6.92 Å². The lowest BCUT2D eigenvalue weighted by atomic mass is 9.80. The molecule has 1 N–H and O–H groups in total. The molecule has 3 aromatic rings. The van der Waals surface area contributed by atoms with E-state index in [1.165, 1.54) is 4.90 Å². The molecule has 1 saturated heterocycles. The average Bonchev–Trinajstić information content (AvgIpc) is 3.66. The number of rotatable bonds is 15. The number of ether oxygens (including phenoxy) is 2. The predicted octanol–water partition coefficient (Wildman–Crippen LogP) is 7.36. The van der Waals surface area contributed by atoms with E-state index in [0.717, 1.165) is 22.3 Å². The van der Waals surface area contributed by atoms with Gasteiger partial charge < -0.3 is 19.7 Å². The molecule has 0 saturated carbocycles. The number of nitrogens with zero attached hydrogens (tertiary/aromatic N) is 1. The van der Waals surface area contributed by atoms with Crippen molar-refractivity contribution in [3.63, 3.8) is 0 Å². The Morgan fingerprint density at radius 2 is 1.51 bits per heavy atom. The monoisotopic (exact) mass is 688 g/mol. The summed E-state index contributed by atoms with van der Waals surface area (Å²) in [6.45, 7) is 8.60. The minimum absolute atomic E-state index is 0.101. The summed E-state index contributed by atoms with van der Waals surface area (Å²) in [6.07, 6.45) is 8.68. The van der Waals surface area contributed by atoms with Crippen LogP contribution in [-0.2, 0) is 41.9 Å². The molecule has 2 amide bonds. The SMILES string of the molecule is C=C(C1C=CC(c2ccccc2)=CC1)[C@H](NC(=O)C(C)(CCC)CC(=O)OCc1ccccc1)C(=O)N1CCC[C@H]1C(=O)OCc1ccccc1. The van der Waals surface area contributed by atoms with Crippen LogP contribution in [0.2, 0.25) is 0 Å². The summed E-state index contributed by atoms with van der Waals surface area (Å²) in [6, 6.07) is 26.9. The molecule has 1 aliphatic carbocycles. The van der Waals surface area contributed by atoms with Crippen molar-refractivity contribution in [3.8, 4) is 0 Å². The largest absolute Gasteiger partial charge is 0.461 e. The van der Waals surface area contributed by atoms with Crippen molar-refractivity contribution in [2.45, 2.75) is 77.7 Å². The highest BCUT2D eigenvalue weighted by atomic mass is 16.5. The fourth-order valence-corrected chi connectivity index (χ4v) is 6.78. The summed E-state index contributed by atoms with van der Waals surface area (Å²) in [5.41, 5.74) is 3.22. The van der Waals surface area contributed by atoms with Gasteiger partial charge >= 0.3 is 11.9 Å². The van der Waals surface area contributed by atoms with Crippen molar-refractivity contribution < 1.29 is 28.7 Å². The summed E-state index contributed by atoms with van der Waals surface area (Å²) < 4.78 is 11.2. The lowest BCUT2D eigenvalue weighted by molar-refractivity contribution is -0.155. The normalized spacial score (nSPS) is 18.5. The van der Waals surface area contributed by atoms with Gasteiger partial charge in [-0.2, -0.15) is 0 Å². The number of carbonyl (C=O) groups excluding carboxylic acids is 4. The molecular formula is C43H48N2O6. The van der Waals surface area contributed by atoms with Gasteiger partial charge in [0.1, 0.15) is 25.3 Å². The summed E-state index contributed by atoms with van der Waals surface area (Å²) in [4.78, 5) is 56.7. The van der Waals surface area contributed by atoms with Crippen LogP contribution in [0.25, 0.3) is 5.57 Å². The van der Waals surface area contributed by atoms with E-state index in [0.29, 0.717) is 44.2 Å². The Hall–Kier alpha value is -5.24. The van der Waals surface area contributed by atoms with E-state index in [2.05, 4.69) is 18.0 Å². The topological polar surface area (TPSA) is 102 Å². The van der Waals surface area contributed by atoms with Gasteiger partial charge in [-0.1, -0.05) is 136 Å². The molecule has 4 atom stereocenters. The van der Waals surface area contributed by atoms with E-state index in [4.69, 9.17) is 9.47 Å². The first-order chi connectivity index (χ1) is 24.7. The van der Waals surface area contributed by atoms with Crippen LogP contribution in [0, 0.1) is 11.3 Å². The standard InChI is InChI=1S/C43H48N2O6/c1-4-26-43(3,28-38(46)50-29-32-15-8-5-9-16-32)42(49)44-39(31(2)34-22-24-36(25-23-34)35-19-12-7-13-20-35)40(47)45-27-14-21-37(45)41(48)51-30-33-17-10-6-11-18-33/h5-13,15-20,22,24-25,34,37,39H,2,4,14,21,23,26-30H2,1,3H3,(H,44,49)/t34?,37-,39-,43?/m0/s1. The van der Waals surface area contributed by atoms with Crippen molar-refractivity contribution in [1.29, 1.82) is 0 Å². The summed E-state index contributed by atoms with van der Waals surface area (Å²) in [5.74, 6) is -2.08. The van der Waals surface area contributed by atoms with Gasteiger partial charge in [0.15, 0.2) is 0 Å². The molecule has 8 nitrogen and oxygen atoms in total. The first kappa shape index (κ1) is 37.0. The number of carbonyl (C=O) groups is 4. The summed E-state index contributed by atoms with van der Waals surface area (Å²) in [7, 11) is 0. The molecule has 3 aromatic carbocycles. The zero-order chi connectivity index (χ0) is 36.2. The minimum atomic E-state index is -1.15. The van der Waals surface area contributed by atoms with Crippen molar-refractivity contribution >= 4 is 29.3 Å². The van der Waals surface area contributed by atoms with Gasteiger partial charge in [-0.15, -0.1) is 0 Å². The third-order valence-corrected chi connectivity index (χ3v) is 9.74. The van der Waals surface area contributed by atoms with E-state index in [1.807, 2.05) is 110 Å². The van der Waals surface area contributed by atoms with E-state index < -0.39 is 41.3 Å². The van der Waals surface area contributed by atoms with Gasteiger partial charge in [0, 0.05) is 12.5 Å². The lowest BCUT2D eigenvalue weighted by Gasteiger charge is -2.34. The maximum Gasteiger partial charge on any atom is 0.329 e. The second kappa shape index (κ2) is 17.6. The number of amides is 2. The molecule has 1 heterocycles. The van der Waals surface area contributed by atoms with E-state index in [9.17, 15) is 19.2 Å². The van der Waals surface area contributed by atoms with Crippen LogP contribution < -0.4 is 5.32 Å². The molecule has 1 fully saturated rings. The third kappa shape index (κ3) is 9.72. The first-order valence-corrected chi connectivity index (χ1v) is 17.8. The van der Waals surface area contributed by atoms with Crippen LogP contribution >= 0.6 is 0 Å². The Balaban J connectivity index is 1.34. The zero-order valence-corrected chi connectivity index (χ0v) is 29.6. The fraction of sp³-hybridized carbons (Fsp3) is 0.349. The average molecular weight is 689 g/mol. The Morgan fingerprint density at radius 3 is 2.10 bits per heavy atom. The van der Waals surface area contributed by atoms with Crippen LogP contribution in [-0.4, -0.2) is 47.3 Å². The number of nitrogens with one attached hydrogen (secondary N) is 1. The number of esters is 2. The zero-order valence-electron chi connectivity index (χ0n) is 29.6. The van der Waals surface area contributed by atoms with Crippen molar-refractivity contribution in [2.24, 2.45) is 11.3 Å². The van der Waals surface area contributed by atoms with Gasteiger partial charge in [0.25, 0.3) is 0 Å². The van der Waals surface area contributed by atoms with E-state index >= 15 is 0 Å². The summed E-state index contributed by atoms with van der Waals surface area (Å²) >= 11 is 0. The van der Waals surface area contributed by atoms with Crippen LogP contribution in [0.4, 0.5) is 0 Å². The van der Waals surface area contributed by atoms with Crippen molar-refractivity contribution in [3.05, 3.63) is 138 Å². The Morgan fingerprint density at radius 1 is 0.902 bits per heavy atom. The van der Waals surface area contributed by atoms with Crippen LogP contribution in [0.5, 0.6) is 0 Å². The maximum atomic E-state index is 14.5. The van der Waals surface area contributed by atoms with E-state index in [-0.39, 0.29) is 25.6 Å². The number of benzene rings is 3. The van der Waals surface area contributed by atoms with Gasteiger partial charge in [0.05, 0.1) is 11.8 Å². The van der Waals surface area contributed by atoms with Crippen LogP contribution in [0.15, 0.2) is 121 Å². The molecule has 51 heavy (non-hydrogen) atoms. The molecule has 1 aliphatic heterocycles. The van der Waals surface area contributed by atoms with Gasteiger partial charge in [-0.05, 0) is 53.5 Å². The van der Waals surface area contributed by atoms with Gasteiger partial charge in [0.2, 0.25) is 11.8 Å². The molecular weight excluding hydrogens is 640 g/mol. The molecule has 8 heteroatoms. The summed E-state index contributed by atoms with van der Waals surface area (Å²) in [5, 5.41) is 3.01. The maximum absolute atomic E-state index is 14.5. The molecule has 2 aliphatic rings. The highest BCUT2D eigenvalue weighted by Crippen LogP contribution is 2.33. The second-order valence-corrected chi connectivity index (χ2v) is 13.6. The quantitative estimate of drug-likeness (QED) is 0.132. The van der Waals surface area contributed by atoms with Crippen LogP contribution in [0.3, 0.4) is 0 Å². The molecule has 0 aromatic heterocycles. The predicted molar refractivity (Wildman–Crippen MR) is 198 cm³/mol. The molecule has 5 rings (SSSR count). The number of allylic oxidation sites excluding steroid dienone is 4. The fourth-order valence-electron chi connectivity index (χ4n) is 6.78. The number of hydrogen-bond donors (Lipinski definition) is 1. The van der Waals surface area contributed by atoms with Gasteiger partial charge in [-0.25, -0.2) is 4.79 Å². The van der Waals surface area contributed by atoms with Crippen molar-refractivity contribution in [1.82, 2.24) is 10.2 Å². The molecule has 0 spiro atoms. The smallest absolute Gasteiger partial charge is 0.329 e. The Kier molecular flexibility index (Phi) is 12.8. The van der Waals surface area contributed by atoms with Gasteiger partial charge in [-0.3, -0.25) is 14.4 Å². The third-order valence-electron chi connectivity index (χ3n) is 9.74. The molecule has 0 bridgehead atoms.